The Balaban J connectivity index is 0.00000288. The number of nitrogens with one attached hydrogen (secondary N) is 1. The van der Waals surface area contributed by atoms with Gasteiger partial charge in [0.05, 0.1) is 13.2 Å². The molecule has 1 heterocycles. The minimum Gasteiger partial charge on any atom is -0.497 e. The molecule has 0 aliphatic carbocycles. The monoisotopic (exact) mass is 391 g/mol. The van der Waals surface area contributed by atoms with Crippen LogP contribution in [0.3, 0.4) is 0 Å². The number of nitrogens with two attached hydrogens (primary N) is 1. The number of benzene rings is 1. The third-order valence-electron chi connectivity index (χ3n) is 4.73. The maximum Gasteiger partial charge on any atom is 0.224 e. The summed E-state index contributed by atoms with van der Waals surface area (Å²) in [7, 11) is 1.68. The van der Waals surface area contributed by atoms with Crippen LogP contribution >= 0.6 is 24.8 Å². The molecule has 0 bridgehead atoms. The van der Waals surface area contributed by atoms with Crippen molar-refractivity contribution in [2.24, 2.45) is 11.7 Å². The lowest BCUT2D eigenvalue weighted by Gasteiger charge is -2.29. The molecular weight excluding hydrogens is 361 g/mol. The highest BCUT2D eigenvalue weighted by Gasteiger charge is 2.25. The summed E-state index contributed by atoms with van der Waals surface area (Å²) in [5.74, 6) is 0.689. The first kappa shape index (κ1) is 24.0. The van der Waals surface area contributed by atoms with Gasteiger partial charge in [0.15, 0.2) is 0 Å². The van der Waals surface area contributed by atoms with E-state index in [1.807, 2.05) is 26.0 Å². The van der Waals surface area contributed by atoms with Crippen molar-refractivity contribution >= 4 is 30.7 Å². The number of ether oxygens (including phenoxy) is 1. The molecule has 1 aliphatic heterocycles. The second kappa shape index (κ2) is 11.6. The zero-order valence-corrected chi connectivity index (χ0v) is 16.9. The van der Waals surface area contributed by atoms with E-state index in [9.17, 15) is 4.79 Å². The summed E-state index contributed by atoms with van der Waals surface area (Å²) in [5, 5.41) is 3.08. The van der Waals surface area contributed by atoms with E-state index in [0.717, 1.165) is 18.8 Å². The van der Waals surface area contributed by atoms with E-state index in [-0.39, 0.29) is 48.7 Å². The number of halogens is 2. The van der Waals surface area contributed by atoms with Gasteiger partial charge >= 0.3 is 0 Å². The van der Waals surface area contributed by atoms with Crippen LogP contribution in [0.2, 0.25) is 0 Å². The molecule has 3 unspecified atom stereocenters. The molecule has 1 aromatic rings. The van der Waals surface area contributed by atoms with Gasteiger partial charge in [-0.3, -0.25) is 9.69 Å². The van der Waals surface area contributed by atoms with Gasteiger partial charge in [0, 0.05) is 18.5 Å². The molecule has 7 heteroatoms. The Bertz CT molecular complexity index is 523. The van der Waals surface area contributed by atoms with Gasteiger partial charge in [0.2, 0.25) is 5.91 Å². The van der Waals surface area contributed by atoms with Crippen molar-refractivity contribution in [1.82, 2.24) is 10.2 Å². The van der Waals surface area contributed by atoms with Crippen LogP contribution in [0.4, 0.5) is 0 Å². The summed E-state index contributed by atoms with van der Waals surface area (Å²) >= 11 is 0. The van der Waals surface area contributed by atoms with Crippen LogP contribution in [0, 0.1) is 5.92 Å². The first-order chi connectivity index (χ1) is 11.0. The van der Waals surface area contributed by atoms with E-state index in [2.05, 4.69) is 22.3 Å². The number of carbonyl (C=O) groups excluding carboxylic acids is 1. The highest BCUT2D eigenvalue weighted by atomic mass is 35.5. The van der Waals surface area contributed by atoms with E-state index in [0.29, 0.717) is 6.54 Å². The Morgan fingerprint density at radius 3 is 2.48 bits per heavy atom. The summed E-state index contributed by atoms with van der Waals surface area (Å²) in [4.78, 5) is 14.7. The standard InChI is InChI=1S/C18H29N3O2.2ClH/c1-13(14(2)19)18(22)20-12-17(21-9-4-5-10-21)15-7-6-8-16(11-15)23-3;;/h6-8,11,13-14,17H,4-5,9-10,12,19H2,1-3H3,(H,20,22);2*1H. The number of rotatable bonds is 7. The van der Waals surface area contributed by atoms with Gasteiger partial charge in [-0.1, -0.05) is 19.1 Å². The van der Waals surface area contributed by atoms with Gasteiger partial charge in [-0.05, 0) is 50.6 Å². The highest BCUT2D eigenvalue weighted by molar-refractivity contribution is 5.85. The average Bonchev–Trinajstić information content (AvgIpc) is 3.08. The summed E-state index contributed by atoms with van der Waals surface area (Å²) < 4.78 is 5.34. The van der Waals surface area contributed by atoms with Gasteiger partial charge in [0.1, 0.15) is 5.75 Å². The zero-order valence-electron chi connectivity index (χ0n) is 15.2. The normalized spacial score (nSPS) is 17.6. The Hall–Kier alpha value is -1.01. The fraction of sp³-hybridized carbons (Fsp3) is 0.611. The lowest BCUT2D eigenvalue weighted by atomic mass is 10.0. The van der Waals surface area contributed by atoms with Crippen LogP contribution < -0.4 is 15.8 Å². The van der Waals surface area contributed by atoms with Crippen LogP contribution in [0.1, 0.15) is 38.3 Å². The Morgan fingerprint density at radius 2 is 1.92 bits per heavy atom. The van der Waals surface area contributed by atoms with Gasteiger partial charge in [-0.2, -0.15) is 0 Å². The number of amides is 1. The number of hydrogen-bond donors (Lipinski definition) is 2. The van der Waals surface area contributed by atoms with E-state index < -0.39 is 0 Å². The van der Waals surface area contributed by atoms with Gasteiger partial charge in [-0.15, -0.1) is 24.8 Å². The molecule has 144 valence electrons. The van der Waals surface area contributed by atoms with Crippen LogP contribution in [-0.4, -0.2) is 43.6 Å². The summed E-state index contributed by atoms with van der Waals surface area (Å²) in [5.41, 5.74) is 7.01. The molecule has 2 rings (SSSR count). The van der Waals surface area contributed by atoms with Crippen LogP contribution in [0.15, 0.2) is 24.3 Å². The van der Waals surface area contributed by atoms with Crippen molar-refractivity contribution in [2.75, 3.05) is 26.7 Å². The molecule has 0 aromatic heterocycles. The van der Waals surface area contributed by atoms with E-state index in [4.69, 9.17) is 10.5 Å². The minimum atomic E-state index is -0.181. The zero-order chi connectivity index (χ0) is 16.8. The fourth-order valence-electron chi connectivity index (χ4n) is 2.96. The van der Waals surface area contributed by atoms with Crippen molar-refractivity contribution in [2.45, 2.75) is 38.8 Å². The maximum atomic E-state index is 12.2. The number of carbonyl (C=O) groups is 1. The topological polar surface area (TPSA) is 67.6 Å². The third-order valence-corrected chi connectivity index (χ3v) is 4.73. The molecule has 1 amide bonds. The summed E-state index contributed by atoms with van der Waals surface area (Å²) in [6, 6.07) is 8.15. The lowest BCUT2D eigenvalue weighted by Crippen LogP contribution is -2.42. The lowest BCUT2D eigenvalue weighted by molar-refractivity contribution is -0.125. The van der Waals surface area contributed by atoms with E-state index in [1.165, 1.54) is 18.4 Å². The number of likely N-dealkylation sites (tertiary alicyclic amines) is 1. The number of methoxy groups -OCH3 is 1. The van der Waals surface area contributed by atoms with E-state index >= 15 is 0 Å². The first-order valence-electron chi connectivity index (χ1n) is 8.44. The van der Waals surface area contributed by atoms with Crippen LogP contribution in [-0.2, 0) is 4.79 Å². The van der Waals surface area contributed by atoms with Crippen molar-refractivity contribution in [3.05, 3.63) is 29.8 Å². The highest BCUT2D eigenvalue weighted by Crippen LogP contribution is 2.27. The predicted molar refractivity (Wildman–Crippen MR) is 107 cm³/mol. The summed E-state index contributed by atoms with van der Waals surface area (Å²) in [6.07, 6.45) is 2.43. The van der Waals surface area contributed by atoms with Gasteiger partial charge < -0.3 is 15.8 Å². The molecule has 1 aliphatic rings. The van der Waals surface area contributed by atoms with Crippen molar-refractivity contribution in [3.8, 4) is 5.75 Å². The molecule has 5 nitrogen and oxygen atoms in total. The van der Waals surface area contributed by atoms with Crippen molar-refractivity contribution in [1.29, 1.82) is 0 Å². The molecule has 1 aromatic carbocycles. The average molecular weight is 392 g/mol. The van der Waals surface area contributed by atoms with Gasteiger partial charge in [-0.25, -0.2) is 0 Å². The van der Waals surface area contributed by atoms with E-state index in [1.54, 1.807) is 7.11 Å². The minimum absolute atomic E-state index is 0. The summed E-state index contributed by atoms with van der Waals surface area (Å²) in [6.45, 7) is 6.48. The number of hydrogen-bond acceptors (Lipinski definition) is 4. The Kier molecular flexibility index (Phi) is 11.1. The molecule has 0 radical (unpaired) electrons. The van der Waals surface area contributed by atoms with Crippen molar-refractivity contribution in [3.63, 3.8) is 0 Å². The largest absolute Gasteiger partial charge is 0.497 e. The molecule has 0 spiro atoms. The second-order valence-electron chi connectivity index (χ2n) is 6.43. The third kappa shape index (κ3) is 6.66. The predicted octanol–water partition coefficient (Wildman–Crippen LogP) is 2.78. The number of nitrogens with zero attached hydrogens (tertiary/aromatic N) is 1. The quantitative estimate of drug-likeness (QED) is 0.749. The molecule has 0 saturated carbocycles. The van der Waals surface area contributed by atoms with Crippen LogP contribution in [0.5, 0.6) is 5.75 Å². The molecule has 3 N–H and O–H groups in total. The van der Waals surface area contributed by atoms with Gasteiger partial charge in [0.25, 0.3) is 0 Å². The van der Waals surface area contributed by atoms with Crippen molar-refractivity contribution < 1.29 is 9.53 Å². The Morgan fingerprint density at radius 1 is 1.28 bits per heavy atom. The van der Waals surface area contributed by atoms with Crippen LogP contribution in [0.25, 0.3) is 0 Å². The molecule has 1 fully saturated rings. The molecule has 25 heavy (non-hydrogen) atoms. The maximum absolute atomic E-state index is 12.2. The molecule has 1 saturated heterocycles. The molecule has 3 atom stereocenters. The Labute approximate surface area is 163 Å². The fourth-order valence-corrected chi connectivity index (χ4v) is 2.96. The SMILES string of the molecule is COc1cccc(C(CNC(=O)C(C)C(C)N)N2CCCC2)c1.Cl.Cl. The smallest absolute Gasteiger partial charge is 0.224 e. The first-order valence-corrected chi connectivity index (χ1v) is 8.44. The molecular formula is C18H31Cl2N3O2. The second-order valence-corrected chi connectivity index (χ2v) is 6.43.